The van der Waals surface area contributed by atoms with Crippen molar-refractivity contribution in [2.45, 2.75) is 13.0 Å². The van der Waals surface area contributed by atoms with Gasteiger partial charge in [-0.2, -0.15) is 0 Å². The highest BCUT2D eigenvalue weighted by Gasteiger charge is 2.10. The molecule has 6 nitrogen and oxygen atoms in total. The molecule has 1 atom stereocenters. The Morgan fingerprint density at radius 1 is 1.22 bits per heavy atom. The number of likely N-dealkylation sites (N-methyl/N-ethyl adjacent to an activating group) is 1. The van der Waals surface area contributed by atoms with Crippen LogP contribution in [0.15, 0.2) is 42.6 Å². The summed E-state index contributed by atoms with van der Waals surface area (Å²) in [6.45, 7) is 3.40. The van der Waals surface area contributed by atoms with E-state index in [1.165, 1.54) is 0 Å². The van der Waals surface area contributed by atoms with Crippen molar-refractivity contribution in [3.05, 3.63) is 53.9 Å². The first kappa shape index (κ1) is 16.9. The molecule has 1 amide bonds. The smallest absolute Gasteiger partial charge is 0.270 e. The van der Waals surface area contributed by atoms with Crippen LogP contribution in [0.5, 0.6) is 0 Å². The van der Waals surface area contributed by atoms with E-state index in [0.717, 1.165) is 12.1 Å². The van der Waals surface area contributed by atoms with Crippen LogP contribution in [-0.2, 0) is 0 Å². The maximum Gasteiger partial charge on any atom is 0.270 e. The van der Waals surface area contributed by atoms with Crippen LogP contribution in [0.2, 0.25) is 0 Å². The van der Waals surface area contributed by atoms with Gasteiger partial charge >= 0.3 is 0 Å². The number of carbonyl (C=O) groups excluding carboxylic acids is 1. The van der Waals surface area contributed by atoms with Crippen molar-refractivity contribution in [2.75, 3.05) is 32.5 Å². The molecule has 2 aromatic rings. The Morgan fingerprint density at radius 3 is 2.65 bits per heavy atom. The number of hydrogen-bond donors (Lipinski definition) is 2. The number of benzene rings is 1. The van der Waals surface area contributed by atoms with Crippen molar-refractivity contribution in [2.24, 2.45) is 0 Å². The van der Waals surface area contributed by atoms with Gasteiger partial charge in [0, 0.05) is 19.3 Å². The molecule has 1 unspecified atom stereocenters. The molecule has 0 fully saturated rings. The second kappa shape index (κ2) is 8.24. The summed E-state index contributed by atoms with van der Waals surface area (Å²) >= 11 is 0. The lowest BCUT2D eigenvalue weighted by atomic mass is 10.1. The Bertz CT molecular complexity index is 630. The van der Waals surface area contributed by atoms with Gasteiger partial charge in [0.2, 0.25) is 5.95 Å². The van der Waals surface area contributed by atoms with E-state index in [2.05, 4.69) is 20.6 Å². The Balaban J connectivity index is 1.98. The molecule has 122 valence electrons. The Morgan fingerprint density at radius 2 is 1.96 bits per heavy atom. The van der Waals surface area contributed by atoms with E-state index in [1.54, 1.807) is 12.3 Å². The largest absolute Gasteiger partial charge is 0.349 e. The maximum atomic E-state index is 12.1. The third-order valence-corrected chi connectivity index (χ3v) is 3.38. The fourth-order valence-electron chi connectivity index (χ4n) is 2.06. The van der Waals surface area contributed by atoms with Crippen molar-refractivity contribution in [3.63, 3.8) is 0 Å². The maximum absolute atomic E-state index is 12.1. The standard InChI is InChI=1S/C17H23N5O/c1-13(14-7-5-4-6-8-14)20-17-19-10-9-15(21-17)16(23)18-11-12-22(2)3/h4-10,13H,11-12H2,1-3H3,(H,18,23)(H,19,20,21). The quantitative estimate of drug-likeness (QED) is 0.817. The van der Waals surface area contributed by atoms with Crippen LogP contribution in [0.25, 0.3) is 0 Å². The lowest BCUT2D eigenvalue weighted by Crippen LogP contribution is -2.32. The van der Waals surface area contributed by atoms with Gasteiger partial charge < -0.3 is 15.5 Å². The number of amides is 1. The summed E-state index contributed by atoms with van der Waals surface area (Å²) in [5, 5.41) is 6.06. The molecular weight excluding hydrogens is 290 g/mol. The monoisotopic (exact) mass is 313 g/mol. The fourth-order valence-corrected chi connectivity index (χ4v) is 2.06. The van der Waals surface area contributed by atoms with Crippen LogP contribution < -0.4 is 10.6 Å². The minimum atomic E-state index is -0.190. The molecule has 0 aliphatic carbocycles. The van der Waals surface area contributed by atoms with E-state index in [1.807, 2.05) is 56.3 Å². The van der Waals surface area contributed by atoms with Crippen molar-refractivity contribution in [1.82, 2.24) is 20.2 Å². The number of aromatic nitrogens is 2. The summed E-state index contributed by atoms with van der Waals surface area (Å²) in [4.78, 5) is 22.6. The highest BCUT2D eigenvalue weighted by atomic mass is 16.1. The molecule has 1 aromatic carbocycles. The highest BCUT2D eigenvalue weighted by Crippen LogP contribution is 2.16. The summed E-state index contributed by atoms with van der Waals surface area (Å²) in [5.41, 5.74) is 1.50. The molecule has 2 N–H and O–H groups in total. The lowest BCUT2D eigenvalue weighted by Gasteiger charge is -2.14. The van der Waals surface area contributed by atoms with Crippen molar-refractivity contribution in [3.8, 4) is 0 Å². The van der Waals surface area contributed by atoms with E-state index in [0.29, 0.717) is 18.2 Å². The van der Waals surface area contributed by atoms with Crippen LogP contribution in [-0.4, -0.2) is 48.0 Å². The predicted molar refractivity (Wildman–Crippen MR) is 91.4 cm³/mol. The van der Waals surface area contributed by atoms with Crippen LogP contribution >= 0.6 is 0 Å². The predicted octanol–water partition coefficient (Wildman–Crippen LogP) is 1.94. The summed E-state index contributed by atoms with van der Waals surface area (Å²) in [5.74, 6) is 0.256. The summed E-state index contributed by atoms with van der Waals surface area (Å²) < 4.78 is 0. The zero-order chi connectivity index (χ0) is 16.7. The summed E-state index contributed by atoms with van der Waals surface area (Å²) in [7, 11) is 3.92. The number of nitrogens with zero attached hydrogens (tertiary/aromatic N) is 3. The Hall–Kier alpha value is -2.47. The van der Waals surface area contributed by atoms with Gasteiger partial charge in [-0.05, 0) is 32.6 Å². The van der Waals surface area contributed by atoms with Crippen molar-refractivity contribution >= 4 is 11.9 Å². The number of anilines is 1. The SMILES string of the molecule is CC(Nc1nccc(C(=O)NCCN(C)C)n1)c1ccccc1. The minimum absolute atomic E-state index is 0.0586. The van der Waals surface area contributed by atoms with Crippen molar-refractivity contribution < 1.29 is 4.79 Å². The molecule has 0 bridgehead atoms. The third kappa shape index (κ3) is 5.34. The lowest BCUT2D eigenvalue weighted by molar-refractivity contribution is 0.0946. The molecule has 1 heterocycles. The van der Waals surface area contributed by atoms with E-state index in [4.69, 9.17) is 0 Å². The number of carbonyl (C=O) groups is 1. The van der Waals surface area contributed by atoms with Crippen LogP contribution in [0.3, 0.4) is 0 Å². The van der Waals surface area contributed by atoms with E-state index >= 15 is 0 Å². The first-order valence-corrected chi connectivity index (χ1v) is 7.63. The molecule has 0 radical (unpaired) electrons. The minimum Gasteiger partial charge on any atom is -0.349 e. The molecule has 0 saturated heterocycles. The summed E-state index contributed by atoms with van der Waals surface area (Å²) in [6.07, 6.45) is 1.59. The zero-order valence-corrected chi connectivity index (χ0v) is 13.8. The van der Waals surface area contributed by atoms with E-state index < -0.39 is 0 Å². The number of hydrogen-bond acceptors (Lipinski definition) is 5. The molecule has 2 rings (SSSR count). The average Bonchev–Trinajstić information content (AvgIpc) is 2.55. The van der Waals surface area contributed by atoms with Crippen LogP contribution in [0.1, 0.15) is 29.0 Å². The second-order valence-corrected chi connectivity index (χ2v) is 5.60. The molecule has 1 aromatic heterocycles. The topological polar surface area (TPSA) is 70.2 Å². The van der Waals surface area contributed by atoms with Crippen LogP contribution in [0.4, 0.5) is 5.95 Å². The number of rotatable bonds is 7. The first-order chi connectivity index (χ1) is 11.1. The molecule has 0 aliphatic rings. The fraction of sp³-hybridized carbons (Fsp3) is 0.353. The van der Waals surface area contributed by atoms with Gasteiger partial charge in [-0.25, -0.2) is 9.97 Å². The summed E-state index contributed by atoms with van der Waals surface area (Å²) in [6, 6.07) is 11.7. The molecule has 6 heteroatoms. The van der Waals surface area contributed by atoms with Gasteiger partial charge in [0.25, 0.3) is 5.91 Å². The Labute approximate surface area is 137 Å². The van der Waals surface area contributed by atoms with Gasteiger partial charge in [-0.3, -0.25) is 4.79 Å². The van der Waals surface area contributed by atoms with Crippen LogP contribution in [0, 0.1) is 0 Å². The molecule has 0 saturated carbocycles. The molecule has 0 spiro atoms. The van der Waals surface area contributed by atoms with E-state index in [9.17, 15) is 4.79 Å². The van der Waals surface area contributed by atoms with Crippen molar-refractivity contribution in [1.29, 1.82) is 0 Å². The molecule has 0 aliphatic heterocycles. The number of nitrogens with one attached hydrogen (secondary N) is 2. The van der Waals surface area contributed by atoms with E-state index in [-0.39, 0.29) is 11.9 Å². The second-order valence-electron chi connectivity index (χ2n) is 5.60. The average molecular weight is 313 g/mol. The highest BCUT2D eigenvalue weighted by molar-refractivity contribution is 5.92. The van der Waals surface area contributed by atoms with Gasteiger partial charge in [0.05, 0.1) is 6.04 Å². The molecule has 23 heavy (non-hydrogen) atoms. The molecular formula is C17H23N5O. The zero-order valence-electron chi connectivity index (χ0n) is 13.8. The normalized spacial score (nSPS) is 12.0. The van der Waals surface area contributed by atoms with Gasteiger partial charge in [0.15, 0.2) is 0 Å². The Kier molecular flexibility index (Phi) is 6.05. The third-order valence-electron chi connectivity index (χ3n) is 3.38. The van der Waals surface area contributed by atoms with Gasteiger partial charge in [0.1, 0.15) is 5.69 Å². The van der Waals surface area contributed by atoms with Gasteiger partial charge in [-0.1, -0.05) is 30.3 Å². The first-order valence-electron chi connectivity index (χ1n) is 7.63. The van der Waals surface area contributed by atoms with Gasteiger partial charge in [-0.15, -0.1) is 0 Å².